The average molecular weight is 311 g/mol. The number of hydrogen-bond donors (Lipinski definition) is 0. The summed E-state index contributed by atoms with van der Waals surface area (Å²) in [7, 11) is 0. The maximum atomic E-state index is 11.6. The Morgan fingerprint density at radius 1 is 1.04 bits per heavy atom. The molecule has 2 aromatic rings. The third-order valence-corrected chi connectivity index (χ3v) is 4.93. The predicted octanol–water partition coefficient (Wildman–Crippen LogP) is 4.82. The van der Waals surface area contributed by atoms with Crippen molar-refractivity contribution in [3.05, 3.63) is 68.3 Å². The number of rotatable bonds is 2. The lowest BCUT2D eigenvalue weighted by molar-refractivity contribution is -0.386. The molecule has 1 atom stereocenters. The largest absolute Gasteiger partial charge is 0.486 e. The molecule has 0 fully saturated rings. The van der Waals surface area contributed by atoms with Gasteiger partial charge in [-0.1, -0.05) is 30.3 Å². The van der Waals surface area contributed by atoms with Crippen LogP contribution in [0.2, 0.25) is 0 Å². The minimum absolute atomic E-state index is 0.0169. The molecule has 0 aromatic heterocycles. The van der Waals surface area contributed by atoms with Crippen molar-refractivity contribution >= 4 is 5.69 Å². The van der Waals surface area contributed by atoms with Crippen LogP contribution >= 0.6 is 0 Å². The molecule has 120 valence electrons. The highest BCUT2D eigenvalue weighted by Gasteiger charge is 2.46. The van der Waals surface area contributed by atoms with E-state index in [0.717, 1.165) is 22.4 Å². The molecule has 0 bridgehead atoms. The Bertz CT molecular complexity index is 794. The fourth-order valence-corrected chi connectivity index (χ4v) is 3.77. The van der Waals surface area contributed by atoms with E-state index in [4.69, 9.17) is 4.74 Å². The van der Waals surface area contributed by atoms with Crippen LogP contribution in [-0.2, 0) is 0 Å². The van der Waals surface area contributed by atoms with Crippen molar-refractivity contribution in [1.29, 1.82) is 0 Å². The van der Waals surface area contributed by atoms with E-state index in [9.17, 15) is 10.1 Å². The Balaban J connectivity index is 2.35. The lowest BCUT2D eigenvalue weighted by atomic mass is 9.78. The zero-order valence-electron chi connectivity index (χ0n) is 14.1. The quantitative estimate of drug-likeness (QED) is 0.590. The Morgan fingerprint density at radius 2 is 1.65 bits per heavy atom. The van der Waals surface area contributed by atoms with Gasteiger partial charge >= 0.3 is 0 Å². The predicted molar refractivity (Wildman–Crippen MR) is 90.3 cm³/mol. The number of nitro groups is 1. The van der Waals surface area contributed by atoms with Gasteiger partial charge in [0.25, 0.3) is 5.69 Å². The van der Waals surface area contributed by atoms with Gasteiger partial charge in [-0.3, -0.25) is 10.1 Å². The molecule has 4 nitrogen and oxygen atoms in total. The van der Waals surface area contributed by atoms with Crippen molar-refractivity contribution in [3.63, 3.8) is 0 Å². The van der Waals surface area contributed by atoms with Gasteiger partial charge in [-0.2, -0.15) is 0 Å². The second-order valence-electron chi connectivity index (χ2n) is 6.77. The molecule has 0 radical (unpaired) electrons. The lowest BCUT2D eigenvalue weighted by Crippen LogP contribution is -2.31. The van der Waals surface area contributed by atoms with Crippen molar-refractivity contribution in [2.75, 3.05) is 0 Å². The topological polar surface area (TPSA) is 52.4 Å². The van der Waals surface area contributed by atoms with Crippen LogP contribution in [0.4, 0.5) is 5.69 Å². The Morgan fingerprint density at radius 3 is 2.22 bits per heavy atom. The Kier molecular flexibility index (Phi) is 3.43. The van der Waals surface area contributed by atoms with Gasteiger partial charge < -0.3 is 4.74 Å². The fraction of sp³-hybridized carbons (Fsp3) is 0.368. The molecule has 1 heterocycles. The number of benzene rings is 2. The number of ether oxygens (including phenoxy) is 1. The second kappa shape index (κ2) is 5.08. The van der Waals surface area contributed by atoms with Crippen molar-refractivity contribution in [3.8, 4) is 5.75 Å². The first-order chi connectivity index (χ1) is 10.8. The third-order valence-electron chi connectivity index (χ3n) is 4.93. The minimum Gasteiger partial charge on any atom is -0.486 e. The molecule has 0 saturated heterocycles. The molecule has 0 amide bonds. The molecular weight excluding hydrogens is 290 g/mol. The van der Waals surface area contributed by atoms with E-state index in [1.54, 1.807) is 6.92 Å². The summed E-state index contributed by atoms with van der Waals surface area (Å²) >= 11 is 0. The highest BCUT2D eigenvalue weighted by molar-refractivity contribution is 5.66. The zero-order chi connectivity index (χ0) is 16.9. The van der Waals surface area contributed by atoms with Crippen LogP contribution in [0.5, 0.6) is 5.75 Å². The molecule has 3 rings (SSSR count). The summed E-state index contributed by atoms with van der Waals surface area (Å²) in [5.41, 5.74) is 4.12. The first-order valence-electron chi connectivity index (χ1n) is 7.77. The fourth-order valence-electron chi connectivity index (χ4n) is 3.77. The van der Waals surface area contributed by atoms with E-state index in [1.807, 2.05) is 45.9 Å². The van der Waals surface area contributed by atoms with Gasteiger partial charge in [0.05, 0.1) is 10.8 Å². The molecule has 2 aromatic carbocycles. The molecule has 1 aliphatic heterocycles. The molecule has 0 spiro atoms. The van der Waals surface area contributed by atoms with Crippen LogP contribution in [0.1, 0.15) is 47.6 Å². The smallest absolute Gasteiger partial charge is 0.276 e. The summed E-state index contributed by atoms with van der Waals surface area (Å²) < 4.78 is 6.27. The van der Waals surface area contributed by atoms with Crippen molar-refractivity contribution < 1.29 is 9.66 Å². The molecule has 1 unspecified atom stereocenters. The Labute approximate surface area is 136 Å². The van der Waals surface area contributed by atoms with Crippen molar-refractivity contribution in [2.45, 2.75) is 46.1 Å². The van der Waals surface area contributed by atoms with E-state index in [0.29, 0.717) is 11.1 Å². The molecule has 0 saturated carbocycles. The summed E-state index contributed by atoms with van der Waals surface area (Å²) in [6, 6.07) is 10.1. The Hall–Kier alpha value is -2.36. The van der Waals surface area contributed by atoms with Gasteiger partial charge in [0, 0.05) is 22.3 Å². The maximum absolute atomic E-state index is 11.6. The summed E-state index contributed by atoms with van der Waals surface area (Å²) in [6.45, 7) is 9.64. The molecule has 23 heavy (non-hydrogen) atoms. The number of fused-ring (bicyclic) bond motifs is 1. The molecular formula is C19H21NO3. The third kappa shape index (κ3) is 2.21. The highest BCUT2D eigenvalue weighted by Crippen LogP contribution is 2.53. The molecule has 0 aliphatic carbocycles. The number of hydrogen-bond acceptors (Lipinski definition) is 3. The number of nitrogens with zero attached hydrogens (tertiary/aromatic N) is 1. The second-order valence-corrected chi connectivity index (χ2v) is 6.77. The summed E-state index contributed by atoms with van der Waals surface area (Å²) in [5.74, 6) is 0.793. The summed E-state index contributed by atoms with van der Waals surface area (Å²) in [5, 5.41) is 11.6. The van der Waals surface area contributed by atoms with Gasteiger partial charge in [-0.25, -0.2) is 0 Å². The van der Waals surface area contributed by atoms with Gasteiger partial charge in [-0.15, -0.1) is 0 Å². The lowest BCUT2D eigenvalue weighted by Gasteiger charge is -2.27. The van der Waals surface area contributed by atoms with E-state index < -0.39 is 5.60 Å². The first kappa shape index (κ1) is 15.5. The first-order valence-corrected chi connectivity index (χ1v) is 7.77. The van der Waals surface area contributed by atoms with Crippen LogP contribution in [0.15, 0.2) is 30.3 Å². The average Bonchev–Trinajstić information content (AvgIpc) is 2.77. The van der Waals surface area contributed by atoms with Crippen molar-refractivity contribution in [2.24, 2.45) is 0 Å². The van der Waals surface area contributed by atoms with Gasteiger partial charge in [0.1, 0.15) is 11.4 Å². The molecule has 1 aliphatic rings. The van der Waals surface area contributed by atoms with E-state index in [-0.39, 0.29) is 16.5 Å². The van der Waals surface area contributed by atoms with E-state index in [1.165, 1.54) is 0 Å². The molecule has 4 heteroatoms. The highest BCUT2D eigenvalue weighted by atomic mass is 16.6. The zero-order valence-corrected chi connectivity index (χ0v) is 14.1. The van der Waals surface area contributed by atoms with E-state index in [2.05, 4.69) is 12.1 Å². The van der Waals surface area contributed by atoms with Crippen molar-refractivity contribution in [1.82, 2.24) is 0 Å². The van der Waals surface area contributed by atoms with Crippen LogP contribution in [0.25, 0.3) is 0 Å². The van der Waals surface area contributed by atoms with Crippen LogP contribution < -0.4 is 4.74 Å². The monoisotopic (exact) mass is 311 g/mol. The van der Waals surface area contributed by atoms with Gasteiger partial charge in [-0.05, 0) is 40.2 Å². The molecule has 0 N–H and O–H groups in total. The van der Waals surface area contributed by atoms with Crippen LogP contribution in [0.3, 0.4) is 0 Å². The normalized spacial score (nSPS) is 18.4. The van der Waals surface area contributed by atoms with Crippen LogP contribution in [0, 0.1) is 30.9 Å². The van der Waals surface area contributed by atoms with Gasteiger partial charge in [0.15, 0.2) is 0 Å². The summed E-state index contributed by atoms with van der Waals surface area (Å²) in [4.78, 5) is 11.3. The van der Waals surface area contributed by atoms with Crippen LogP contribution in [-0.4, -0.2) is 10.5 Å². The summed E-state index contributed by atoms with van der Waals surface area (Å²) in [6.07, 6.45) is 0. The van der Waals surface area contributed by atoms with Gasteiger partial charge in [0.2, 0.25) is 0 Å². The minimum atomic E-state index is -0.444. The number of nitro benzene ring substituents is 1. The standard InChI is InChI=1S/C19H21NO3/c1-11-12(2)18-15(13(3)17(11)20(21)22)16(19(4,5)23-18)14-9-7-6-8-10-14/h6-10,16H,1-5H3. The van der Waals surface area contributed by atoms with E-state index >= 15 is 0 Å². The SMILES string of the molecule is Cc1c(C)c([N+](=O)[O-])c(C)c2c1OC(C)(C)C2c1ccccc1. The maximum Gasteiger partial charge on any atom is 0.276 e.